The van der Waals surface area contributed by atoms with Crippen molar-refractivity contribution in [3.63, 3.8) is 0 Å². The number of carbonyl (C=O) groups excluding carboxylic acids is 1. The van der Waals surface area contributed by atoms with Gasteiger partial charge in [-0.2, -0.15) is 0 Å². The molecule has 5 nitrogen and oxygen atoms in total. The molecule has 1 fully saturated rings. The highest BCUT2D eigenvalue weighted by atomic mass is 35.5. The summed E-state index contributed by atoms with van der Waals surface area (Å²) < 4.78 is 0. The van der Waals surface area contributed by atoms with Crippen LogP contribution in [0, 0.1) is 5.92 Å². The Balaban J connectivity index is 1.77. The Morgan fingerprint density at radius 1 is 1.27 bits per heavy atom. The molecule has 1 heterocycles. The smallest absolute Gasteiger partial charge is 0.306 e. The zero-order valence-electron chi connectivity index (χ0n) is 12.0. The first-order chi connectivity index (χ1) is 10.5. The summed E-state index contributed by atoms with van der Waals surface area (Å²) in [4.78, 5) is 25.0. The van der Waals surface area contributed by atoms with Crippen molar-refractivity contribution in [2.45, 2.75) is 19.3 Å². The Morgan fingerprint density at radius 2 is 1.95 bits per heavy atom. The van der Waals surface area contributed by atoms with Crippen molar-refractivity contribution in [3.8, 4) is 0 Å². The zero-order valence-corrected chi connectivity index (χ0v) is 13.5. The quantitative estimate of drug-likeness (QED) is 0.860. The van der Waals surface area contributed by atoms with E-state index in [2.05, 4.69) is 10.2 Å². The highest BCUT2D eigenvalue weighted by Crippen LogP contribution is 2.25. The topological polar surface area (TPSA) is 69.6 Å². The van der Waals surface area contributed by atoms with Crippen molar-refractivity contribution in [1.29, 1.82) is 0 Å². The van der Waals surface area contributed by atoms with Gasteiger partial charge in [-0.25, -0.2) is 0 Å². The lowest BCUT2D eigenvalue weighted by Crippen LogP contribution is -2.37. The van der Waals surface area contributed by atoms with E-state index < -0.39 is 5.97 Å². The number of halogens is 2. The number of nitrogens with zero attached hydrogens (tertiary/aromatic N) is 1. The van der Waals surface area contributed by atoms with Gasteiger partial charge in [0, 0.05) is 18.0 Å². The minimum Gasteiger partial charge on any atom is -0.481 e. The van der Waals surface area contributed by atoms with E-state index in [1.807, 2.05) is 0 Å². The maximum atomic E-state index is 12.0. The van der Waals surface area contributed by atoms with Crippen LogP contribution in [0.2, 0.25) is 10.0 Å². The van der Waals surface area contributed by atoms with Crippen LogP contribution in [-0.4, -0.2) is 41.5 Å². The van der Waals surface area contributed by atoms with E-state index in [0.29, 0.717) is 54.6 Å². The van der Waals surface area contributed by atoms with Crippen LogP contribution >= 0.6 is 23.2 Å². The Hall–Kier alpha value is -1.30. The van der Waals surface area contributed by atoms with Gasteiger partial charge in [-0.1, -0.05) is 23.2 Å². The molecule has 1 aromatic carbocycles. The monoisotopic (exact) mass is 344 g/mol. The summed E-state index contributed by atoms with van der Waals surface area (Å²) >= 11 is 11.9. The molecule has 7 heteroatoms. The number of aliphatic carboxylic acids is 1. The van der Waals surface area contributed by atoms with Crippen molar-refractivity contribution in [2.24, 2.45) is 5.92 Å². The molecule has 0 spiro atoms. The first-order valence-corrected chi connectivity index (χ1v) is 7.91. The fourth-order valence-electron chi connectivity index (χ4n) is 2.47. The van der Waals surface area contributed by atoms with Gasteiger partial charge in [0.05, 0.1) is 16.6 Å². The first kappa shape index (κ1) is 17.1. The summed E-state index contributed by atoms with van der Waals surface area (Å²) in [7, 11) is 0. The molecule has 22 heavy (non-hydrogen) atoms. The highest BCUT2D eigenvalue weighted by Gasteiger charge is 2.24. The molecule has 0 unspecified atom stereocenters. The minimum atomic E-state index is -0.729. The fourth-order valence-corrected chi connectivity index (χ4v) is 2.81. The Kier molecular flexibility index (Phi) is 6.06. The molecular formula is C15H18Cl2N2O3. The number of benzene rings is 1. The Morgan fingerprint density at radius 3 is 2.59 bits per heavy atom. The third kappa shape index (κ3) is 4.87. The number of anilines is 1. The molecule has 0 aliphatic carbocycles. The second-order valence-corrected chi connectivity index (χ2v) is 6.22. The molecular weight excluding hydrogens is 327 g/mol. The zero-order chi connectivity index (χ0) is 16.1. The molecule has 1 aliphatic heterocycles. The number of hydrogen-bond acceptors (Lipinski definition) is 3. The van der Waals surface area contributed by atoms with Gasteiger partial charge in [0.25, 0.3) is 0 Å². The molecule has 1 saturated heterocycles. The predicted molar refractivity (Wildman–Crippen MR) is 86.5 cm³/mol. The Bertz CT molecular complexity index is 558. The number of piperidine rings is 1. The van der Waals surface area contributed by atoms with Crippen molar-refractivity contribution in [1.82, 2.24) is 4.90 Å². The average molecular weight is 345 g/mol. The fraction of sp³-hybridized carbons (Fsp3) is 0.467. The van der Waals surface area contributed by atoms with E-state index in [1.165, 1.54) is 0 Å². The van der Waals surface area contributed by atoms with Crippen LogP contribution in [0.25, 0.3) is 0 Å². The summed E-state index contributed by atoms with van der Waals surface area (Å²) in [5, 5.41) is 12.6. The highest BCUT2D eigenvalue weighted by molar-refractivity contribution is 6.35. The van der Waals surface area contributed by atoms with Crippen LogP contribution in [0.4, 0.5) is 5.69 Å². The van der Waals surface area contributed by atoms with Gasteiger partial charge in [-0.3, -0.25) is 9.59 Å². The van der Waals surface area contributed by atoms with Crippen LogP contribution < -0.4 is 5.32 Å². The standard InChI is InChI=1S/C15H18Cl2N2O3/c16-11-1-2-12(17)13(9-11)18-14(20)5-8-19-6-3-10(4-7-19)15(21)22/h1-2,9-10H,3-8H2,(H,18,20)(H,21,22). The molecule has 0 saturated carbocycles. The van der Waals surface area contributed by atoms with E-state index in [4.69, 9.17) is 28.3 Å². The number of hydrogen-bond donors (Lipinski definition) is 2. The van der Waals surface area contributed by atoms with Crippen LogP contribution in [0.3, 0.4) is 0 Å². The summed E-state index contributed by atoms with van der Waals surface area (Å²) in [5.41, 5.74) is 0.503. The number of nitrogens with one attached hydrogen (secondary N) is 1. The number of rotatable bonds is 5. The minimum absolute atomic E-state index is 0.135. The average Bonchev–Trinajstić information content (AvgIpc) is 2.49. The second-order valence-electron chi connectivity index (χ2n) is 5.38. The van der Waals surface area contributed by atoms with Gasteiger partial charge in [-0.05, 0) is 44.1 Å². The lowest BCUT2D eigenvalue weighted by Gasteiger charge is -2.29. The normalized spacial score (nSPS) is 16.5. The molecule has 2 rings (SSSR count). The first-order valence-electron chi connectivity index (χ1n) is 7.16. The number of carboxylic acids is 1. The number of amides is 1. The third-order valence-electron chi connectivity index (χ3n) is 3.79. The molecule has 1 amide bonds. The van der Waals surface area contributed by atoms with E-state index >= 15 is 0 Å². The summed E-state index contributed by atoms with van der Waals surface area (Å²) in [6, 6.07) is 4.91. The summed E-state index contributed by atoms with van der Waals surface area (Å²) in [6.45, 7) is 2.03. The molecule has 0 radical (unpaired) electrons. The van der Waals surface area contributed by atoms with Gasteiger partial charge in [0.1, 0.15) is 0 Å². The van der Waals surface area contributed by atoms with Gasteiger partial charge in [0.15, 0.2) is 0 Å². The van der Waals surface area contributed by atoms with Crippen molar-refractivity contribution in [3.05, 3.63) is 28.2 Å². The second kappa shape index (κ2) is 7.81. The molecule has 1 aliphatic rings. The Labute approximate surface area is 139 Å². The number of carbonyl (C=O) groups is 2. The largest absolute Gasteiger partial charge is 0.481 e. The summed E-state index contributed by atoms with van der Waals surface area (Å²) in [6.07, 6.45) is 1.61. The third-order valence-corrected chi connectivity index (χ3v) is 4.36. The van der Waals surface area contributed by atoms with Gasteiger partial charge < -0.3 is 15.3 Å². The molecule has 120 valence electrons. The van der Waals surface area contributed by atoms with Gasteiger partial charge in [-0.15, -0.1) is 0 Å². The van der Waals surface area contributed by atoms with Crippen LogP contribution in [0.1, 0.15) is 19.3 Å². The molecule has 1 aromatic rings. The lowest BCUT2D eigenvalue weighted by atomic mass is 9.97. The van der Waals surface area contributed by atoms with E-state index in [-0.39, 0.29) is 11.8 Å². The van der Waals surface area contributed by atoms with E-state index in [0.717, 1.165) is 0 Å². The maximum absolute atomic E-state index is 12.0. The van der Waals surface area contributed by atoms with E-state index in [9.17, 15) is 9.59 Å². The molecule has 2 N–H and O–H groups in total. The SMILES string of the molecule is O=C(CCN1CCC(C(=O)O)CC1)Nc1cc(Cl)ccc1Cl. The van der Waals surface area contributed by atoms with Crippen molar-refractivity contribution >= 4 is 40.8 Å². The van der Waals surface area contributed by atoms with E-state index in [1.54, 1.807) is 18.2 Å². The predicted octanol–water partition coefficient (Wildman–Crippen LogP) is 3.12. The van der Waals surface area contributed by atoms with Crippen LogP contribution in [0.15, 0.2) is 18.2 Å². The molecule has 0 bridgehead atoms. The van der Waals surface area contributed by atoms with Gasteiger partial charge in [0.2, 0.25) is 5.91 Å². The lowest BCUT2D eigenvalue weighted by molar-refractivity contribution is -0.143. The maximum Gasteiger partial charge on any atom is 0.306 e. The molecule has 0 atom stereocenters. The van der Waals surface area contributed by atoms with Crippen LogP contribution in [0.5, 0.6) is 0 Å². The summed E-state index contributed by atoms with van der Waals surface area (Å²) in [5.74, 6) is -1.12. The van der Waals surface area contributed by atoms with Gasteiger partial charge >= 0.3 is 5.97 Å². The number of likely N-dealkylation sites (tertiary alicyclic amines) is 1. The number of carboxylic acid groups (broad SMARTS) is 1. The van der Waals surface area contributed by atoms with Crippen LogP contribution in [-0.2, 0) is 9.59 Å². The van der Waals surface area contributed by atoms with Crippen molar-refractivity contribution < 1.29 is 14.7 Å². The van der Waals surface area contributed by atoms with Crippen molar-refractivity contribution in [2.75, 3.05) is 25.0 Å². The molecule has 0 aromatic heterocycles.